The standard InChI is InChI=1S/C26H25FN4O4.C15H11BrClN3O2/c1-25(2,3)13-34-23-10-19-21(11-29-23)35-20-7-6-16(17-5-4-8-28-24(17)27)9-18(20)26(19)14-33-12-22(31-26)30-15-32;16-8-1-2-11-9(3-8)15(7-21-6-14(18)20-15)10-4-13(17)19-5-12(10)22-11/h4-11,15H,12-14H2,1-3H3,(H,30,31,32);1-5H,6-7H2,(H2,18,20)/t26-;15-/m00/s1. The number of carbonyl (C=O) groups is 1. The number of hydrogen-bond donors (Lipinski definition) is 2. The average molecular weight is 857 g/mol. The smallest absolute Gasteiger partial charge is 0.220 e. The molecule has 0 aliphatic carbocycles. The summed E-state index contributed by atoms with van der Waals surface area (Å²) >= 11 is 9.57. The Bertz CT molecular complexity index is 2410. The lowest BCUT2D eigenvalue weighted by atomic mass is 9.80. The molecule has 0 radical (unpaired) electrons. The van der Waals surface area contributed by atoms with Crippen LogP contribution in [0.1, 0.15) is 43.0 Å². The second-order valence-corrected chi connectivity index (χ2v) is 16.2. The molecule has 0 unspecified atom stereocenters. The van der Waals surface area contributed by atoms with Crippen LogP contribution in [-0.4, -0.2) is 66.1 Å². The van der Waals surface area contributed by atoms with E-state index in [2.05, 4.69) is 57.0 Å². The fraction of sp³-hybridized carbons (Fsp3) is 0.268. The van der Waals surface area contributed by atoms with Crippen molar-refractivity contribution in [2.24, 2.45) is 21.1 Å². The molecular formula is C41H36BrClFN7O6. The molecule has 0 saturated carbocycles. The number of aliphatic imine (C=N–C) groups is 2. The Balaban J connectivity index is 0.000000177. The predicted octanol–water partition coefficient (Wildman–Crippen LogP) is 7.47. The van der Waals surface area contributed by atoms with Crippen LogP contribution in [0.5, 0.6) is 28.9 Å². The molecule has 4 aliphatic heterocycles. The first kappa shape index (κ1) is 38.4. The second-order valence-electron chi connectivity index (χ2n) is 14.9. The maximum Gasteiger partial charge on any atom is 0.220 e. The summed E-state index contributed by atoms with van der Waals surface area (Å²) in [5.74, 6) is 3.02. The van der Waals surface area contributed by atoms with Gasteiger partial charge in [-0.05, 0) is 59.5 Å². The highest BCUT2D eigenvalue weighted by Crippen LogP contribution is 2.53. The zero-order chi connectivity index (χ0) is 40.0. The van der Waals surface area contributed by atoms with Gasteiger partial charge in [-0.2, -0.15) is 4.39 Å². The Labute approximate surface area is 340 Å². The summed E-state index contributed by atoms with van der Waals surface area (Å²) in [5.41, 5.74) is 8.08. The number of nitrogens with one attached hydrogen (secondary N) is 1. The molecule has 1 amide bonds. The van der Waals surface area contributed by atoms with E-state index < -0.39 is 17.0 Å². The number of amides is 1. The molecule has 2 spiro atoms. The number of carbonyl (C=O) groups excluding carboxylic acids is 1. The van der Waals surface area contributed by atoms with E-state index in [1.807, 2.05) is 24.3 Å². The predicted molar refractivity (Wildman–Crippen MR) is 214 cm³/mol. The second kappa shape index (κ2) is 15.1. The van der Waals surface area contributed by atoms with Gasteiger partial charge in [-0.1, -0.05) is 54.4 Å². The summed E-state index contributed by atoms with van der Waals surface area (Å²) in [6, 6.07) is 18.0. The van der Waals surface area contributed by atoms with E-state index in [4.69, 9.17) is 51.0 Å². The first-order chi connectivity index (χ1) is 27.4. The fourth-order valence-corrected chi connectivity index (χ4v) is 7.59. The van der Waals surface area contributed by atoms with Crippen molar-refractivity contribution in [1.82, 2.24) is 20.3 Å². The topological polar surface area (TPSA) is 165 Å². The number of nitrogens with zero attached hydrogens (tertiary/aromatic N) is 5. The van der Waals surface area contributed by atoms with Crippen molar-refractivity contribution in [2.45, 2.75) is 31.8 Å². The highest BCUT2D eigenvalue weighted by molar-refractivity contribution is 9.10. The van der Waals surface area contributed by atoms with Gasteiger partial charge in [-0.25, -0.2) is 15.0 Å². The van der Waals surface area contributed by atoms with Gasteiger partial charge in [-0.15, -0.1) is 0 Å². The van der Waals surface area contributed by atoms with Gasteiger partial charge in [0.1, 0.15) is 52.6 Å². The van der Waals surface area contributed by atoms with Crippen LogP contribution in [0.15, 0.2) is 93.7 Å². The molecule has 5 aromatic rings. The van der Waals surface area contributed by atoms with Gasteiger partial charge in [0.15, 0.2) is 11.5 Å². The van der Waals surface area contributed by atoms with Gasteiger partial charge in [0.25, 0.3) is 0 Å². The number of halogens is 3. The molecule has 13 nitrogen and oxygen atoms in total. The van der Waals surface area contributed by atoms with Crippen LogP contribution >= 0.6 is 27.5 Å². The van der Waals surface area contributed by atoms with E-state index in [9.17, 15) is 9.18 Å². The molecule has 4 aliphatic rings. The first-order valence-electron chi connectivity index (χ1n) is 17.9. The van der Waals surface area contributed by atoms with Crippen molar-refractivity contribution >= 4 is 45.6 Å². The van der Waals surface area contributed by atoms with Crippen molar-refractivity contribution in [3.63, 3.8) is 0 Å². The van der Waals surface area contributed by atoms with Gasteiger partial charge in [0.05, 0.1) is 32.2 Å². The average Bonchev–Trinajstić information content (AvgIpc) is 3.19. The molecule has 0 saturated heterocycles. The van der Waals surface area contributed by atoms with Crippen LogP contribution in [0.4, 0.5) is 4.39 Å². The zero-order valence-electron chi connectivity index (χ0n) is 31.0. The number of amidine groups is 2. The molecule has 16 heteroatoms. The minimum absolute atomic E-state index is 0.0613. The summed E-state index contributed by atoms with van der Waals surface area (Å²) < 4.78 is 45.1. The van der Waals surface area contributed by atoms with Crippen molar-refractivity contribution in [1.29, 1.82) is 0 Å². The van der Waals surface area contributed by atoms with Crippen molar-refractivity contribution in [3.05, 3.63) is 117 Å². The highest BCUT2D eigenvalue weighted by Gasteiger charge is 2.47. The Morgan fingerprint density at radius 3 is 2.26 bits per heavy atom. The molecule has 2 atom stereocenters. The minimum Gasteiger partial charge on any atom is -0.477 e. The van der Waals surface area contributed by atoms with Crippen LogP contribution in [0.2, 0.25) is 5.15 Å². The molecule has 0 fully saturated rings. The molecule has 7 heterocycles. The summed E-state index contributed by atoms with van der Waals surface area (Å²) in [4.78, 5) is 33.1. The lowest BCUT2D eigenvalue weighted by Crippen LogP contribution is -2.43. The summed E-state index contributed by atoms with van der Waals surface area (Å²) in [6.45, 7) is 7.70. The van der Waals surface area contributed by atoms with Crippen LogP contribution < -0.4 is 25.3 Å². The first-order valence-corrected chi connectivity index (χ1v) is 19.0. The Morgan fingerprint density at radius 2 is 1.54 bits per heavy atom. The molecule has 0 bridgehead atoms. The monoisotopic (exact) mass is 855 g/mol. The quantitative estimate of drug-likeness (QED) is 0.137. The SMILES string of the molecule is CC(C)(C)COc1cc2c(cn1)Oc1ccc(-c3cccnc3F)cc1[C@@]21COCC(NC=O)=N1.NC1=N[C@@]2(COC1)c1cc(Br)ccc1Oc1cnc(Cl)cc12. The highest BCUT2D eigenvalue weighted by atomic mass is 79.9. The summed E-state index contributed by atoms with van der Waals surface area (Å²) in [6.07, 6.45) is 5.17. The maximum atomic E-state index is 14.5. The number of benzene rings is 2. The van der Waals surface area contributed by atoms with E-state index in [0.29, 0.717) is 94.2 Å². The molecule has 292 valence electrons. The van der Waals surface area contributed by atoms with Gasteiger partial charge in [-0.3, -0.25) is 14.8 Å². The minimum atomic E-state index is -1.07. The van der Waals surface area contributed by atoms with Crippen LogP contribution in [0.3, 0.4) is 0 Å². The zero-order valence-corrected chi connectivity index (χ0v) is 33.4. The Hall–Kier alpha value is -5.48. The lowest BCUT2D eigenvalue weighted by Gasteiger charge is -2.39. The number of rotatable bonds is 4. The number of fused-ring (bicyclic) bond motifs is 8. The van der Waals surface area contributed by atoms with Gasteiger partial charge < -0.3 is 34.7 Å². The molecule has 3 aromatic heterocycles. The summed E-state index contributed by atoms with van der Waals surface area (Å²) in [5, 5.41) is 2.99. The van der Waals surface area contributed by atoms with Crippen LogP contribution in [-0.2, 0) is 25.3 Å². The number of nitrogens with two attached hydrogens (primary N) is 1. The van der Waals surface area contributed by atoms with Crippen molar-refractivity contribution in [2.75, 3.05) is 33.0 Å². The van der Waals surface area contributed by atoms with Crippen molar-refractivity contribution < 1.29 is 32.9 Å². The number of ether oxygens (including phenoxy) is 5. The van der Waals surface area contributed by atoms with E-state index in [0.717, 1.165) is 15.6 Å². The van der Waals surface area contributed by atoms with E-state index >= 15 is 0 Å². The van der Waals surface area contributed by atoms with E-state index in [1.54, 1.807) is 48.8 Å². The van der Waals surface area contributed by atoms with E-state index in [1.165, 1.54) is 6.20 Å². The van der Waals surface area contributed by atoms with Gasteiger partial charge >= 0.3 is 0 Å². The van der Waals surface area contributed by atoms with Crippen LogP contribution in [0, 0.1) is 11.4 Å². The fourth-order valence-electron chi connectivity index (χ4n) is 7.07. The Kier molecular flexibility index (Phi) is 10.2. The number of aromatic nitrogens is 3. The number of pyridine rings is 3. The van der Waals surface area contributed by atoms with Gasteiger partial charge in [0.2, 0.25) is 18.2 Å². The third-order valence-electron chi connectivity index (χ3n) is 9.54. The molecular weight excluding hydrogens is 821 g/mol. The van der Waals surface area contributed by atoms with E-state index in [-0.39, 0.29) is 18.6 Å². The normalized spacial score (nSPS) is 20.2. The van der Waals surface area contributed by atoms with Gasteiger partial charge in [0, 0.05) is 44.6 Å². The molecule has 57 heavy (non-hydrogen) atoms. The lowest BCUT2D eigenvalue weighted by molar-refractivity contribution is -0.108. The third-order valence-corrected chi connectivity index (χ3v) is 10.2. The largest absolute Gasteiger partial charge is 0.477 e. The Morgan fingerprint density at radius 1 is 0.877 bits per heavy atom. The number of hydrogen-bond acceptors (Lipinski definition) is 12. The summed E-state index contributed by atoms with van der Waals surface area (Å²) in [7, 11) is 0. The third kappa shape index (κ3) is 7.43. The molecule has 3 N–H and O–H groups in total. The van der Waals surface area contributed by atoms with Crippen molar-refractivity contribution in [3.8, 4) is 40.0 Å². The van der Waals surface area contributed by atoms with Crippen LogP contribution in [0.25, 0.3) is 11.1 Å². The molecule has 2 aromatic carbocycles. The maximum absolute atomic E-state index is 14.5. The molecule has 9 rings (SSSR count).